The number of likely N-dealkylation sites (tertiary alicyclic amines) is 1. The number of ether oxygens (including phenoxy) is 2. The SMILES string of the molecule is CCOC[C@]12CCCO[C@H]1CCN(C(=O)c1ccncn1)C2. The average Bonchev–Trinajstić information content (AvgIpc) is 2.59. The number of carbonyl (C=O) groups excluding carboxylic acids is 1. The van der Waals surface area contributed by atoms with E-state index < -0.39 is 0 Å². The van der Waals surface area contributed by atoms with Gasteiger partial charge in [0.25, 0.3) is 5.91 Å². The molecule has 0 aliphatic carbocycles. The molecule has 3 rings (SSSR count). The molecule has 2 aliphatic rings. The van der Waals surface area contributed by atoms with E-state index in [-0.39, 0.29) is 17.4 Å². The van der Waals surface area contributed by atoms with Crippen LogP contribution < -0.4 is 0 Å². The molecule has 120 valence electrons. The van der Waals surface area contributed by atoms with Gasteiger partial charge >= 0.3 is 0 Å². The molecular formula is C16H23N3O3. The van der Waals surface area contributed by atoms with E-state index in [1.807, 2.05) is 11.8 Å². The van der Waals surface area contributed by atoms with Gasteiger partial charge in [0.2, 0.25) is 0 Å². The summed E-state index contributed by atoms with van der Waals surface area (Å²) in [5.74, 6) is -0.0257. The van der Waals surface area contributed by atoms with Crippen LogP contribution in [0.5, 0.6) is 0 Å². The third-order valence-corrected chi connectivity index (χ3v) is 4.67. The van der Waals surface area contributed by atoms with Crippen molar-refractivity contribution in [2.24, 2.45) is 5.41 Å². The van der Waals surface area contributed by atoms with Gasteiger partial charge in [-0.25, -0.2) is 9.97 Å². The first-order valence-electron chi connectivity index (χ1n) is 8.00. The number of amides is 1. The second-order valence-electron chi connectivity index (χ2n) is 6.07. The highest BCUT2D eigenvalue weighted by atomic mass is 16.5. The zero-order valence-corrected chi connectivity index (χ0v) is 13.0. The number of carbonyl (C=O) groups is 1. The van der Waals surface area contributed by atoms with Crippen molar-refractivity contribution in [1.82, 2.24) is 14.9 Å². The van der Waals surface area contributed by atoms with Gasteiger partial charge in [0.05, 0.1) is 12.7 Å². The average molecular weight is 305 g/mol. The van der Waals surface area contributed by atoms with Crippen LogP contribution in [0.4, 0.5) is 0 Å². The molecule has 1 amide bonds. The van der Waals surface area contributed by atoms with Gasteiger partial charge in [-0.3, -0.25) is 4.79 Å². The largest absolute Gasteiger partial charge is 0.381 e. The minimum absolute atomic E-state index is 0.0257. The van der Waals surface area contributed by atoms with E-state index in [0.29, 0.717) is 32.0 Å². The highest BCUT2D eigenvalue weighted by Crippen LogP contribution is 2.40. The number of fused-ring (bicyclic) bond motifs is 1. The van der Waals surface area contributed by atoms with Gasteiger partial charge < -0.3 is 14.4 Å². The van der Waals surface area contributed by atoms with Crippen molar-refractivity contribution < 1.29 is 14.3 Å². The molecule has 6 heteroatoms. The lowest BCUT2D eigenvalue weighted by Gasteiger charge is -2.50. The van der Waals surface area contributed by atoms with E-state index in [1.54, 1.807) is 12.3 Å². The molecule has 0 unspecified atom stereocenters. The molecule has 2 atom stereocenters. The van der Waals surface area contributed by atoms with E-state index in [9.17, 15) is 4.79 Å². The summed E-state index contributed by atoms with van der Waals surface area (Å²) in [4.78, 5) is 22.5. The molecule has 0 radical (unpaired) electrons. The highest BCUT2D eigenvalue weighted by Gasteiger charge is 2.47. The third kappa shape index (κ3) is 2.98. The first-order chi connectivity index (χ1) is 10.7. The summed E-state index contributed by atoms with van der Waals surface area (Å²) < 4.78 is 11.7. The molecule has 6 nitrogen and oxygen atoms in total. The highest BCUT2D eigenvalue weighted by molar-refractivity contribution is 5.92. The van der Waals surface area contributed by atoms with Crippen LogP contribution in [0.3, 0.4) is 0 Å². The van der Waals surface area contributed by atoms with Crippen molar-refractivity contribution in [3.05, 3.63) is 24.3 Å². The van der Waals surface area contributed by atoms with Gasteiger partial charge in [-0.1, -0.05) is 0 Å². The maximum atomic E-state index is 12.6. The zero-order chi connectivity index (χ0) is 15.4. The van der Waals surface area contributed by atoms with Crippen molar-refractivity contribution in [3.8, 4) is 0 Å². The Morgan fingerprint density at radius 2 is 2.50 bits per heavy atom. The first-order valence-corrected chi connectivity index (χ1v) is 8.00. The molecule has 0 spiro atoms. The summed E-state index contributed by atoms with van der Waals surface area (Å²) in [6.45, 7) is 5.55. The van der Waals surface area contributed by atoms with Crippen LogP contribution in [0.25, 0.3) is 0 Å². The fourth-order valence-corrected chi connectivity index (χ4v) is 3.56. The Bertz CT molecular complexity index is 511. The van der Waals surface area contributed by atoms with Crippen LogP contribution >= 0.6 is 0 Å². The summed E-state index contributed by atoms with van der Waals surface area (Å²) in [5.41, 5.74) is 0.381. The lowest BCUT2D eigenvalue weighted by atomic mass is 9.73. The number of nitrogens with zero attached hydrogens (tertiary/aromatic N) is 3. The number of aromatic nitrogens is 2. The number of piperidine rings is 1. The van der Waals surface area contributed by atoms with Gasteiger partial charge in [0.15, 0.2) is 0 Å². The standard InChI is InChI=1S/C16H23N3O3/c1-2-21-11-16-6-3-9-22-14(16)5-8-19(10-16)15(20)13-4-7-17-12-18-13/h4,7,12,14H,2-3,5-6,8-11H2,1H3/t14-,16+/m0/s1. The fourth-order valence-electron chi connectivity index (χ4n) is 3.56. The van der Waals surface area contributed by atoms with Crippen LogP contribution in [-0.2, 0) is 9.47 Å². The van der Waals surface area contributed by atoms with Gasteiger partial charge in [-0.2, -0.15) is 0 Å². The molecule has 2 saturated heterocycles. The van der Waals surface area contributed by atoms with Crippen LogP contribution in [-0.4, -0.2) is 59.8 Å². The first kappa shape index (κ1) is 15.4. The molecule has 3 heterocycles. The minimum atomic E-state index is -0.0742. The maximum Gasteiger partial charge on any atom is 0.272 e. The van der Waals surface area contributed by atoms with E-state index >= 15 is 0 Å². The Kier molecular flexibility index (Phi) is 4.69. The smallest absolute Gasteiger partial charge is 0.272 e. The Morgan fingerprint density at radius 3 is 3.27 bits per heavy atom. The van der Waals surface area contributed by atoms with Crippen LogP contribution in [0, 0.1) is 5.41 Å². The predicted octanol–water partition coefficient (Wildman–Crippen LogP) is 1.52. The van der Waals surface area contributed by atoms with Gasteiger partial charge in [-0.15, -0.1) is 0 Å². The van der Waals surface area contributed by atoms with Crippen molar-refractivity contribution in [2.75, 3.05) is 32.9 Å². The molecule has 0 N–H and O–H groups in total. The Balaban J connectivity index is 1.76. The number of hydrogen-bond donors (Lipinski definition) is 0. The maximum absolute atomic E-state index is 12.6. The van der Waals surface area contributed by atoms with Crippen molar-refractivity contribution in [1.29, 1.82) is 0 Å². The summed E-state index contributed by atoms with van der Waals surface area (Å²) >= 11 is 0. The Morgan fingerprint density at radius 1 is 1.59 bits per heavy atom. The number of rotatable bonds is 4. The molecule has 2 fully saturated rings. The van der Waals surface area contributed by atoms with E-state index in [2.05, 4.69) is 9.97 Å². The van der Waals surface area contributed by atoms with Gasteiger partial charge in [-0.05, 0) is 32.3 Å². The molecule has 0 saturated carbocycles. The summed E-state index contributed by atoms with van der Waals surface area (Å²) in [6, 6.07) is 1.67. The molecule has 0 aromatic carbocycles. The molecule has 1 aromatic rings. The van der Waals surface area contributed by atoms with Crippen molar-refractivity contribution in [2.45, 2.75) is 32.3 Å². The lowest BCUT2D eigenvalue weighted by Crippen LogP contribution is -2.58. The van der Waals surface area contributed by atoms with Crippen molar-refractivity contribution >= 4 is 5.91 Å². The third-order valence-electron chi connectivity index (χ3n) is 4.67. The summed E-state index contributed by atoms with van der Waals surface area (Å²) in [5, 5.41) is 0. The summed E-state index contributed by atoms with van der Waals surface area (Å²) in [7, 11) is 0. The van der Waals surface area contributed by atoms with E-state index in [1.165, 1.54) is 6.33 Å². The van der Waals surface area contributed by atoms with E-state index in [0.717, 1.165) is 25.9 Å². The molecular weight excluding hydrogens is 282 g/mol. The minimum Gasteiger partial charge on any atom is -0.381 e. The van der Waals surface area contributed by atoms with Crippen LogP contribution in [0.15, 0.2) is 18.6 Å². The topological polar surface area (TPSA) is 64.6 Å². The normalized spacial score (nSPS) is 28.2. The molecule has 0 bridgehead atoms. The van der Waals surface area contributed by atoms with Gasteiger partial charge in [0.1, 0.15) is 12.0 Å². The van der Waals surface area contributed by atoms with Crippen LogP contribution in [0.1, 0.15) is 36.7 Å². The van der Waals surface area contributed by atoms with Crippen LogP contribution in [0.2, 0.25) is 0 Å². The second kappa shape index (κ2) is 6.71. The van der Waals surface area contributed by atoms with Gasteiger partial charge in [0, 0.05) is 37.9 Å². The Labute approximate surface area is 130 Å². The lowest BCUT2D eigenvalue weighted by molar-refractivity contribution is -0.146. The predicted molar refractivity (Wildman–Crippen MR) is 80.5 cm³/mol. The summed E-state index contributed by atoms with van der Waals surface area (Å²) in [6.07, 6.45) is 6.16. The molecule has 22 heavy (non-hydrogen) atoms. The second-order valence-corrected chi connectivity index (χ2v) is 6.07. The number of hydrogen-bond acceptors (Lipinski definition) is 5. The van der Waals surface area contributed by atoms with Crippen molar-refractivity contribution in [3.63, 3.8) is 0 Å². The Hall–Kier alpha value is -1.53. The quantitative estimate of drug-likeness (QED) is 0.844. The molecule has 1 aromatic heterocycles. The fraction of sp³-hybridized carbons (Fsp3) is 0.688. The zero-order valence-electron chi connectivity index (χ0n) is 13.0. The monoisotopic (exact) mass is 305 g/mol. The molecule has 2 aliphatic heterocycles. The van der Waals surface area contributed by atoms with E-state index in [4.69, 9.17) is 9.47 Å².